The number of hydrogen-bond donors (Lipinski definition) is 0. The lowest BCUT2D eigenvalue weighted by Gasteiger charge is -2.17. The third kappa shape index (κ3) is 3.70. The highest BCUT2D eigenvalue weighted by Crippen LogP contribution is 2.43. The van der Waals surface area contributed by atoms with Crippen molar-refractivity contribution >= 4 is 21.5 Å². The highest BCUT2D eigenvalue weighted by molar-refractivity contribution is 6.11. The zero-order chi connectivity index (χ0) is 18.5. The van der Waals surface area contributed by atoms with Crippen molar-refractivity contribution in [2.45, 2.75) is 40.5 Å². The summed E-state index contributed by atoms with van der Waals surface area (Å²) in [6.45, 7) is 9.66. The second kappa shape index (κ2) is 8.27. The molecule has 0 saturated carbocycles. The van der Waals surface area contributed by atoms with Crippen LogP contribution in [-0.4, -0.2) is 13.2 Å². The van der Waals surface area contributed by atoms with Crippen LogP contribution in [0.5, 0.6) is 11.5 Å². The van der Waals surface area contributed by atoms with E-state index in [0.717, 1.165) is 45.9 Å². The Kier molecular flexibility index (Phi) is 5.82. The van der Waals surface area contributed by atoms with Crippen molar-refractivity contribution in [2.24, 2.45) is 0 Å². The highest BCUT2D eigenvalue weighted by Gasteiger charge is 2.16. The second-order valence-corrected chi connectivity index (χ2v) is 6.77. The molecule has 0 fully saturated rings. The quantitative estimate of drug-likeness (QED) is 0.350. The molecule has 26 heavy (non-hydrogen) atoms. The molecule has 0 unspecified atom stereocenters. The first-order valence-corrected chi connectivity index (χ1v) is 9.52. The molecule has 3 aromatic carbocycles. The minimum atomic E-state index is 0.648. The Balaban J connectivity index is 2.21. The second-order valence-electron chi connectivity index (χ2n) is 6.77. The van der Waals surface area contributed by atoms with Gasteiger partial charge in [0, 0.05) is 21.5 Å². The van der Waals surface area contributed by atoms with Crippen LogP contribution in [0, 0.1) is 0 Å². The van der Waals surface area contributed by atoms with Crippen LogP contribution < -0.4 is 9.47 Å². The average Bonchev–Trinajstić information content (AvgIpc) is 2.64. The molecule has 0 amide bonds. The molecule has 0 bridgehead atoms. The summed E-state index contributed by atoms with van der Waals surface area (Å²) in [4.78, 5) is 0. The summed E-state index contributed by atoms with van der Waals surface area (Å²) < 4.78 is 12.1. The fourth-order valence-corrected chi connectivity index (χ4v) is 3.43. The molecule has 3 rings (SSSR count). The van der Waals surface area contributed by atoms with E-state index >= 15 is 0 Å². The maximum Gasteiger partial charge on any atom is 0.135 e. The van der Waals surface area contributed by atoms with Gasteiger partial charge in [-0.05, 0) is 52.2 Å². The Morgan fingerprint density at radius 2 is 1.38 bits per heavy atom. The third-order valence-corrected chi connectivity index (χ3v) is 4.55. The molecule has 2 nitrogen and oxygen atoms in total. The molecule has 0 aliphatic rings. The predicted octanol–water partition coefficient (Wildman–Crippen LogP) is 6.69. The van der Waals surface area contributed by atoms with Crippen LogP contribution in [-0.2, 0) is 6.42 Å². The van der Waals surface area contributed by atoms with E-state index in [1.165, 1.54) is 11.1 Å². The Hall–Kier alpha value is -2.48. The van der Waals surface area contributed by atoms with Gasteiger partial charge in [0.2, 0.25) is 0 Å². The number of rotatable bonds is 7. The van der Waals surface area contributed by atoms with E-state index < -0.39 is 0 Å². The van der Waals surface area contributed by atoms with Gasteiger partial charge in [-0.1, -0.05) is 48.0 Å². The van der Waals surface area contributed by atoms with Crippen molar-refractivity contribution < 1.29 is 9.47 Å². The lowest BCUT2D eigenvalue weighted by atomic mass is 9.97. The van der Waals surface area contributed by atoms with Crippen molar-refractivity contribution in [3.8, 4) is 11.5 Å². The maximum atomic E-state index is 6.10. The summed E-state index contributed by atoms with van der Waals surface area (Å²) in [5.41, 5.74) is 2.69. The zero-order valence-corrected chi connectivity index (χ0v) is 16.3. The van der Waals surface area contributed by atoms with Gasteiger partial charge in [-0.2, -0.15) is 0 Å². The highest BCUT2D eigenvalue weighted by atomic mass is 16.5. The number of allylic oxidation sites excluding steroid dienone is 2. The molecule has 0 aromatic heterocycles. The molecule has 3 aromatic rings. The van der Waals surface area contributed by atoms with E-state index in [4.69, 9.17) is 9.47 Å². The van der Waals surface area contributed by atoms with Gasteiger partial charge in [-0.15, -0.1) is 0 Å². The number of benzene rings is 3. The zero-order valence-electron chi connectivity index (χ0n) is 16.3. The average molecular weight is 348 g/mol. The molecule has 0 spiro atoms. The smallest absolute Gasteiger partial charge is 0.135 e. The van der Waals surface area contributed by atoms with Crippen molar-refractivity contribution in [1.82, 2.24) is 0 Å². The summed E-state index contributed by atoms with van der Waals surface area (Å²) in [7, 11) is 0. The number of hydrogen-bond acceptors (Lipinski definition) is 2. The molecular weight excluding hydrogens is 320 g/mol. The van der Waals surface area contributed by atoms with Crippen molar-refractivity contribution in [2.75, 3.05) is 13.2 Å². The van der Waals surface area contributed by atoms with Gasteiger partial charge >= 0.3 is 0 Å². The van der Waals surface area contributed by atoms with Gasteiger partial charge in [0.25, 0.3) is 0 Å². The normalized spacial score (nSPS) is 10.9. The molecule has 0 saturated heterocycles. The summed E-state index contributed by atoms with van der Waals surface area (Å²) in [6, 6.07) is 15.0. The monoisotopic (exact) mass is 348 g/mol. The Morgan fingerprint density at radius 1 is 0.808 bits per heavy atom. The topological polar surface area (TPSA) is 18.5 Å². The summed E-state index contributed by atoms with van der Waals surface area (Å²) in [6.07, 6.45) is 4.38. The Bertz CT molecular complexity index is 934. The summed E-state index contributed by atoms with van der Waals surface area (Å²) >= 11 is 0. The number of aryl methyl sites for hydroxylation is 1. The van der Waals surface area contributed by atoms with Gasteiger partial charge in [0.05, 0.1) is 13.2 Å². The van der Waals surface area contributed by atoms with E-state index in [0.29, 0.717) is 13.2 Å². The van der Waals surface area contributed by atoms with Gasteiger partial charge in [0.1, 0.15) is 11.5 Å². The third-order valence-electron chi connectivity index (χ3n) is 4.55. The molecule has 0 N–H and O–H groups in total. The lowest BCUT2D eigenvalue weighted by molar-refractivity contribution is 0.342. The summed E-state index contributed by atoms with van der Waals surface area (Å²) in [5, 5.41) is 4.50. The molecule has 0 aliphatic heterocycles. The van der Waals surface area contributed by atoms with Crippen LogP contribution in [0.4, 0.5) is 0 Å². The van der Waals surface area contributed by atoms with Crippen molar-refractivity contribution in [3.05, 3.63) is 59.7 Å². The fraction of sp³-hybridized carbons (Fsp3) is 0.333. The van der Waals surface area contributed by atoms with Crippen LogP contribution in [0.3, 0.4) is 0 Å². The van der Waals surface area contributed by atoms with Gasteiger partial charge in [0.15, 0.2) is 0 Å². The first kappa shape index (κ1) is 18.3. The van der Waals surface area contributed by atoms with E-state index in [9.17, 15) is 0 Å². The first-order chi connectivity index (χ1) is 12.7. The Labute approximate surface area is 156 Å². The van der Waals surface area contributed by atoms with Gasteiger partial charge in [-0.3, -0.25) is 0 Å². The largest absolute Gasteiger partial charge is 0.493 e. The van der Waals surface area contributed by atoms with Crippen molar-refractivity contribution in [3.63, 3.8) is 0 Å². The summed E-state index contributed by atoms with van der Waals surface area (Å²) in [5.74, 6) is 1.92. The van der Waals surface area contributed by atoms with Crippen molar-refractivity contribution in [1.29, 1.82) is 0 Å². The standard InChI is InChI=1S/C24H28O2/c1-5-25-23-19-12-7-8-13-20(19)24(26-6-2)22-16-18(14-15-21(22)23)11-9-10-17(3)4/h7-8,10,12-16H,5-6,9,11H2,1-4H3. The lowest BCUT2D eigenvalue weighted by Crippen LogP contribution is -1.99. The van der Waals surface area contributed by atoms with Crippen LogP contribution in [0.25, 0.3) is 21.5 Å². The number of fused-ring (bicyclic) bond motifs is 2. The van der Waals surface area contributed by atoms with Crippen LogP contribution in [0.2, 0.25) is 0 Å². The molecule has 0 aliphatic carbocycles. The fourth-order valence-electron chi connectivity index (χ4n) is 3.43. The first-order valence-electron chi connectivity index (χ1n) is 9.52. The van der Waals surface area contributed by atoms with Crippen LogP contribution in [0.1, 0.15) is 39.7 Å². The minimum absolute atomic E-state index is 0.648. The molecule has 0 atom stereocenters. The Morgan fingerprint density at radius 3 is 1.96 bits per heavy atom. The minimum Gasteiger partial charge on any atom is -0.493 e. The SMILES string of the molecule is CCOc1c2ccccc2c(OCC)c2cc(CCC=C(C)C)ccc12. The molecule has 0 heterocycles. The van der Waals surface area contributed by atoms with E-state index in [-0.39, 0.29) is 0 Å². The van der Waals surface area contributed by atoms with E-state index in [2.05, 4.69) is 62.4 Å². The number of ether oxygens (including phenoxy) is 2. The van der Waals surface area contributed by atoms with Gasteiger partial charge in [-0.25, -0.2) is 0 Å². The molecular formula is C24H28O2. The van der Waals surface area contributed by atoms with Gasteiger partial charge < -0.3 is 9.47 Å². The van der Waals surface area contributed by atoms with E-state index in [1.807, 2.05) is 13.8 Å². The maximum absolute atomic E-state index is 6.10. The van der Waals surface area contributed by atoms with Crippen LogP contribution in [0.15, 0.2) is 54.1 Å². The molecule has 0 radical (unpaired) electrons. The predicted molar refractivity (Wildman–Crippen MR) is 112 cm³/mol. The molecule has 2 heteroatoms. The van der Waals surface area contributed by atoms with Crippen LogP contribution >= 0.6 is 0 Å². The molecule has 136 valence electrons. The van der Waals surface area contributed by atoms with E-state index in [1.54, 1.807) is 0 Å².